The van der Waals surface area contributed by atoms with Crippen molar-refractivity contribution in [2.45, 2.75) is 32.5 Å². The van der Waals surface area contributed by atoms with E-state index in [4.69, 9.17) is 5.84 Å². The number of alkyl halides is 3. The quantitative estimate of drug-likeness (QED) is 0.670. The standard InChI is InChI=1S/C14H16F3N3S/c1-8-3-4-10(5-9(8)2)6-11(20-18)12-7-19-13(21-12)14(15,16)17/h3-5,7,11,20H,6,18H2,1-2H3. The van der Waals surface area contributed by atoms with Crippen molar-refractivity contribution in [2.75, 3.05) is 0 Å². The maximum Gasteiger partial charge on any atom is 0.443 e. The highest BCUT2D eigenvalue weighted by Gasteiger charge is 2.35. The minimum atomic E-state index is -4.41. The van der Waals surface area contributed by atoms with Crippen LogP contribution in [0, 0.1) is 13.8 Å². The highest BCUT2D eigenvalue weighted by Crippen LogP contribution is 2.34. The van der Waals surface area contributed by atoms with Crippen molar-refractivity contribution in [3.05, 3.63) is 51.0 Å². The lowest BCUT2D eigenvalue weighted by Crippen LogP contribution is -2.29. The Hall–Kier alpha value is -1.44. The lowest BCUT2D eigenvalue weighted by atomic mass is 10.0. The predicted molar refractivity (Wildman–Crippen MR) is 76.8 cm³/mol. The molecule has 3 nitrogen and oxygen atoms in total. The van der Waals surface area contributed by atoms with E-state index in [0.717, 1.165) is 11.1 Å². The minimum absolute atomic E-state index is 0.388. The molecule has 2 aromatic rings. The first-order chi connectivity index (χ1) is 9.81. The SMILES string of the molecule is Cc1ccc(CC(NN)c2cnc(C(F)(F)F)s2)cc1C. The van der Waals surface area contributed by atoms with Crippen LogP contribution in [-0.2, 0) is 12.6 Å². The summed E-state index contributed by atoms with van der Waals surface area (Å²) >= 11 is 0.620. The Morgan fingerprint density at radius 2 is 2.00 bits per heavy atom. The van der Waals surface area contributed by atoms with Crippen molar-refractivity contribution >= 4 is 11.3 Å². The molecule has 21 heavy (non-hydrogen) atoms. The topological polar surface area (TPSA) is 50.9 Å². The lowest BCUT2D eigenvalue weighted by Gasteiger charge is -2.14. The molecule has 0 spiro atoms. The Kier molecular flexibility index (Phi) is 4.65. The maximum atomic E-state index is 12.6. The Labute approximate surface area is 125 Å². The minimum Gasteiger partial charge on any atom is -0.271 e. The molecule has 0 saturated carbocycles. The van der Waals surface area contributed by atoms with Crippen molar-refractivity contribution in [3.63, 3.8) is 0 Å². The van der Waals surface area contributed by atoms with Crippen LogP contribution in [0.5, 0.6) is 0 Å². The number of thiazole rings is 1. The molecule has 0 radical (unpaired) electrons. The zero-order valence-electron chi connectivity index (χ0n) is 11.7. The van der Waals surface area contributed by atoms with Gasteiger partial charge in [0.2, 0.25) is 0 Å². The molecular formula is C14H16F3N3S. The molecule has 0 aliphatic carbocycles. The lowest BCUT2D eigenvalue weighted by molar-refractivity contribution is -0.137. The summed E-state index contributed by atoms with van der Waals surface area (Å²) in [6.07, 6.45) is -2.67. The molecule has 1 unspecified atom stereocenters. The number of aromatic nitrogens is 1. The van der Waals surface area contributed by atoms with Crippen LogP contribution in [0.3, 0.4) is 0 Å². The summed E-state index contributed by atoms with van der Waals surface area (Å²) in [5.41, 5.74) is 5.90. The molecule has 0 amide bonds. The fraction of sp³-hybridized carbons (Fsp3) is 0.357. The Morgan fingerprint density at radius 3 is 2.52 bits per heavy atom. The van der Waals surface area contributed by atoms with Crippen LogP contribution < -0.4 is 11.3 Å². The van der Waals surface area contributed by atoms with Gasteiger partial charge in [-0.15, -0.1) is 11.3 Å². The number of hydrogen-bond acceptors (Lipinski definition) is 4. The van der Waals surface area contributed by atoms with E-state index in [-0.39, 0.29) is 6.04 Å². The number of nitrogens with zero attached hydrogens (tertiary/aromatic N) is 1. The summed E-state index contributed by atoms with van der Waals surface area (Å²) in [5, 5.41) is -0.849. The van der Waals surface area contributed by atoms with Crippen molar-refractivity contribution in [1.29, 1.82) is 0 Å². The van der Waals surface area contributed by atoms with E-state index < -0.39 is 11.2 Å². The summed E-state index contributed by atoms with van der Waals surface area (Å²) in [6.45, 7) is 4.01. The fourth-order valence-electron chi connectivity index (χ4n) is 1.99. The highest BCUT2D eigenvalue weighted by atomic mass is 32.1. The largest absolute Gasteiger partial charge is 0.443 e. The van der Waals surface area contributed by atoms with Gasteiger partial charge in [0.25, 0.3) is 0 Å². The molecule has 3 N–H and O–H groups in total. The third kappa shape index (κ3) is 3.81. The molecule has 0 bridgehead atoms. The van der Waals surface area contributed by atoms with E-state index in [1.54, 1.807) is 0 Å². The third-order valence-electron chi connectivity index (χ3n) is 3.32. The summed E-state index contributed by atoms with van der Waals surface area (Å²) in [5.74, 6) is 5.49. The second kappa shape index (κ2) is 6.13. The van der Waals surface area contributed by atoms with E-state index in [9.17, 15) is 13.2 Å². The molecule has 1 aromatic carbocycles. The average Bonchev–Trinajstić information content (AvgIpc) is 2.89. The fourth-order valence-corrected chi connectivity index (χ4v) is 2.83. The molecule has 0 aliphatic rings. The van der Waals surface area contributed by atoms with Crippen LogP contribution in [-0.4, -0.2) is 4.98 Å². The molecule has 0 fully saturated rings. The van der Waals surface area contributed by atoms with Gasteiger partial charge in [-0.05, 0) is 37.0 Å². The van der Waals surface area contributed by atoms with Gasteiger partial charge < -0.3 is 0 Å². The van der Waals surface area contributed by atoms with Crippen LogP contribution in [0.25, 0.3) is 0 Å². The smallest absolute Gasteiger partial charge is 0.271 e. The van der Waals surface area contributed by atoms with Crippen molar-refractivity contribution < 1.29 is 13.2 Å². The van der Waals surface area contributed by atoms with E-state index in [2.05, 4.69) is 10.4 Å². The van der Waals surface area contributed by atoms with Crippen LogP contribution in [0.15, 0.2) is 24.4 Å². The first kappa shape index (κ1) is 15.9. The van der Waals surface area contributed by atoms with Gasteiger partial charge in [-0.2, -0.15) is 13.2 Å². The number of aryl methyl sites for hydroxylation is 2. The first-order valence-corrected chi connectivity index (χ1v) is 7.18. The summed E-state index contributed by atoms with van der Waals surface area (Å²) in [4.78, 5) is 3.90. The summed E-state index contributed by atoms with van der Waals surface area (Å²) < 4.78 is 37.8. The summed E-state index contributed by atoms with van der Waals surface area (Å²) in [7, 11) is 0. The van der Waals surface area contributed by atoms with Crippen molar-refractivity contribution in [1.82, 2.24) is 10.4 Å². The van der Waals surface area contributed by atoms with E-state index in [0.29, 0.717) is 22.6 Å². The molecular weight excluding hydrogens is 299 g/mol. The Balaban J connectivity index is 2.19. The number of rotatable bonds is 4. The van der Waals surface area contributed by atoms with Crippen LogP contribution in [0.4, 0.5) is 13.2 Å². The molecule has 1 aromatic heterocycles. The van der Waals surface area contributed by atoms with E-state index in [1.165, 1.54) is 11.8 Å². The molecule has 1 atom stereocenters. The molecule has 0 saturated heterocycles. The molecule has 2 rings (SSSR count). The Morgan fingerprint density at radius 1 is 1.29 bits per heavy atom. The van der Waals surface area contributed by atoms with Crippen LogP contribution >= 0.6 is 11.3 Å². The predicted octanol–water partition coefficient (Wildman–Crippen LogP) is 3.53. The normalized spacial score (nSPS) is 13.4. The highest BCUT2D eigenvalue weighted by molar-refractivity contribution is 7.11. The van der Waals surface area contributed by atoms with E-state index in [1.807, 2.05) is 32.0 Å². The number of benzene rings is 1. The van der Waals surface area contributed by atoms with Gasteiger partial charge >= 0.3 is 6.18 Å². The second-order valence-electron chi connectivity index (χ2n) is 4.91. The molecule has 7 heteroatoms. The van der Waals surface area contributed by atoms with Gasteiger partial charge in [0.15, 0.2) is 5.01 Å². The monoisotopic (exact) mass is 315 g/mol. The Bertz CT molecular complexity index is 622. The number of nitrogens with two attached hydrogens (primary N) is 1. The van der Waals surface area contributed by atoms with Crippen LogP contribution in [0.1, 0.15) is 32.6 Å². The third-order valence-corrected chi connectivity index (χ3v) is 4.48. The molecule has 1 heterocycles. The maximum absolute atomic E-state index is 12.6. The van der Waals surface area contributed by atoms with Gasteiger partial charge in [-0.1, -0.05) is 18.2 Å². The number of halogens is 3. The number of nitrogens with one attached hydrogen (secondary N) is 1. The van der Waals surface area contributed by atoms with Gasteiger partial charge in [0.05, 0.1) is 6.04 Å². The van der Waals surface area contributed by atoms with Gasteiger partial charge in [-0.25, -0.2) is 4.98 Å². The number of hydrogen-bond donors (Lipinski definition) is 2. The zero-order valence-corrected chi connectivity index (χ0v) is 12.5. The van der Waals surface area contributed by atoms with Crippen molar-refractivity contribution in [2.24, 2.45) is 5.84 Å². The van der Waals surface area contributed by atoms with Crippen LogP contribution in [0.2, 0.25) is 0 Å². The van der Waals surface area contributed by atoms with Crippen molar-refractivity contribution in [3.8, 4) is 0 Å². The average molecular weight is 315 g/mol. The summed E-state index contributed by atoms with van der Waals surface area (Å²) in [6, 6.07) is 5.58. The zero-order chi connectivity index (χ0) is 15.6. The first-order valence-electron chi connectivity index (χ1n) is 6.36. The second-order valence-corrected chi connectivity index (χ2v) is 5.97. The molecule has 114 valence electrons. The molecule has 0 aliphatic heterocycles. The van der Waals surface area contributed by atoms with Gasteiger partial charge in [0.1, 0.15) is 0 Å². The number of hydrazine groups is 1. The van der Waals surface area contributed by atoms with Gasteiger partial charge in [-0.3, -0.25) is 11.3 Å². The van der Waals surface area contributed by atoms with Gasteiger partial charge in [0, 0.05) is 11.1 Å². The van der Waals surface area contributed by atoms with E-state index >= 15 is 0 Å².